The van der Waals surface area contributed by atoms with Crippen molar-refractivity contribution in [1.82, 2.24) is 0 Å². The summed E-state index contributed by atoms with van der Waals surface area (Å²) in [5, 5.41) is 0. The molecule has 0 unspecified atom stereocenters. The Labute approximate surface area is 105 Å². The van der Waals surface area contributed by atoms with Gasteiger partial charge < -0.3 is 9.47 Å². The van der Waals surface area contributed by atoms with Crippen molar-refractivity contribution < 1.29 is 18.3 Å². The average molecular weight is 252 g/mol. The van der Waals surface area contributed by atoms with E-state index in [0.717, 1.165) is 25.3 Å². The summed E-state index contributed by atoms with van der Waals surface area (Å²) >= 11 is 0. The molecule has 1 aromatic rings. The maximum Gasteiger partial charge on any atom is 0.158 e. The minimum atomic E-state index is -0.656. The summed E-state index contributed by atoms with van der Waals surface area (Å²) in [6, 6.07) is 3.31. The van der Waals surface area contributed by atoms with E-state index in [0.29, 0.717) is 6.61 Å². The lowest BCUT2D eigenvalue weighted by molar-refractivity contribution is -0.154. The predicted octanol–water partition coefficient (Wildman–Crippen LogP) is 2.86. The first kappa shape index (κ1) is 13.0. The second-order valence-electron chi connectivity index (χ2n) is 4.03. The summed E-state index contributed by atoms with van der Waals surface area (Å²) in [7, 11) is 0. The number of benzene rings is 1. The zero-order chi connectivity index (χ0) is 12.8. The summed E-state index contributed by atoms with van der Waals surface area (Å²) in [4.78, 5) is 0. The fraction of sp³-hybridized carbons (Fsp3) is 0.429. The van der Waals surface area contributed by atoms with Crippen molar-refractivity contribution in [2.45, 2.75) is 25.6 Å². The van der Waals surface area contributed by atoms with Gasteiger partial charge in [-0.05, 0) is 31.4 Å². The summed E-state index contributed by atoms with van der Waals surface area (Å²) < 4.78 is 36.6. The molecule has 0 radical (unpaired) electrons. The van der Waals surface area contributed by atoms with E-state index in [-0.39, 0.29) is 18.5 Å². The highest BCUT2D eigenvalue weighted by Crippen LogP contribution is 2.13. The fourth-order valence-corrected chi connectivity index (χ4v) is 1.70. The van der Waals surface area contributed by atoms with E-state index in [9.17, 15) is 8.78 Å². The van der Waals surface area contributed by atoms with Crippen molar-refractivity contribution in [3.05, 3.63) is 35.4 Å². The van der Waals surface area contributed by atoms with Crippen LogP contribution in [0.2, 0.25) is 0 Å². The molecule has 1 saturated heterocycles. The Hall–Kier alpha value is -1.44. The van der Waals surface area contributed by atoms with Crippen LogP contribution in [0.4, 0.5) is 8.78 Å². The molecule has 1 aliphatic rings. The first-order valence-electron chi connectivity index (χ1n) is 5.93. The van der Waals surface area contributed by atoms with Gasteiger partial charge in [0.25, 0.3) is 0 Å². The third kappa shape index (κ3) is 3.80. The first-order valence-corrected chi connectivity index (χ1v) is 5.93. The van der Waals surface area contributed by atoms with E-state index in [4.69, 9.17) is 9.47 Å². The number of hydrogen-bond donors (Lipinski definition) is 0. The number of ether oxygens (including phenoxy) is 2. The molecule has 1 fully saturated rings. The van der Waals surface area contributed by atoms with Crippen LogP contribution in [0, 0.1) is 23.5 Å². The molecule has 1 atom stereocenters. The highest BCUT2D eigenvalue weighted by atomic mass is 19.1. The minimum absolute atomic E-state index is 0.171. The third-order valence-corrected chi connectivity index (χ3v) is 2.63. The van der Waals surface area contributed by atoms with Gasteiger partial charge in [-0.25, -0.2) is 8.78 Å². The standard InChI is InChI=1S/C14H14F2O2/c15-12-7-6-11(13(16)10-12)4-3-9-18-14-5-1-2-8-17-14/h6-7,10,14H,1-2,5,8-9H2/t14-/m0/s1. The molecule has 0 aliphatic carbocycles. The van der Waals surface area contributed by atoms with E-state index >= 15 is 0 Å². The maximum atomic E-state index is 13.2. The van der Waals surface area contributed by atoms with Crippen LogP contribution in [-0.4, -0.2) is 19.5 Å². The minimum Gasteiger partial charge on any atom is -0.353 e. The smallest absolute Gasteiger partial charge is 0.158 e. The van der Waals surface area contributed by atoms with Crippen LogP contribution in [0.1, 0.15) is 24.8 Å². The highest BCUT2D eigenvalue weighted by molar-refractivity contribution is 5.35. The number of halogens is 2. The Balaban J connectivity index is 1.84. The maximum absolute atomic E-state index is 13.2. The molecule has 0 amide bonds. The third-order valence-electron chi connectivity index (χ3n) is 2.63. The second-order valence-corrected chi connectivity index (χ2v) is 4.03. The van der Waals surface area contributed by atoms with Crippen LogP contribution in [0.5, 0.6) is 0 Å². The van der Waals surface area contributed by atoms with Gasteiger partial charge in [-0.15, -0.1) is 0 Å². The van der Waals surface area contributed by atoms with Gasteiger partial charge in [-0.3, -0.25) is 0 Å². The normalized spacial score (nSPS) is 19.1. The molecule has 2 rings (SSSR count). The van der Waals surface area contributed by atoms with Crippen molar-refractivity contribution in [2.24, 2.45) is 0 Å². The molecule has 0 saturated carbocycles. The molecule has 1 heterocycles. The van der Waals surface area contributed by atoms with Crippen molar-refractivity contribution in [3.8, 4) is 11.8 Å². The summed E-state index contributed by atoms with van der Waals surface area (Å²) in [5.41, 5.74) is 0.171. The van der Waals surface area contributed by atoms with Gasteiger partial charge in [0.1, 0.15) is 18.2 Å². The van der Waals surface area contributed by atoms with Gasteiger partial charge in [0.15, 0.2) is 6.29 Å². The van der Waals surface area contributed by atoms with Gasteiger partial charge in [-0.2, -0.15) is 0 Å². The average Bonchev–Trinajstić information content (AvgIpc) is 2.38. The van der Waals surface area contributed by atoms with Gasteiger partial charge in [0.05, 0.1) is 5.56 Å². The van der Waals surface area contributed by atoms with Gasteiger partial charge in [-0.1, -0.05) is 11.8 Å². The van der Waals surface area contributed by atoms with Crippen molar-refractivity contribution in [3.63, 3.8) is 0 Å². The number of rotatable bonds is 2. The molecule has 1 aromatic carbocycles. The molecule has 4 heteroatoms. The Morgan fingerprint density at radius 2 is 2.22 bits per heavy atom. The van der Waals surface area contributed by atoms with Crippen molar-refractivity contribution in [2.75, 3.05) is 13.2 Å². The fourth-order valence-electron chi connectivity index (χ4n) is 1.70. The molecular weight excluding hydrogens is 238 g/mol. The second kappa shape index (κ2) is 6.48. The van der Waals surface area contributed by atoms with Gasteiger partial charge in [0, 0.05) is 12.7 Å². The summed E-state index contributed by atoms with van der Waals surface area (Å²) in [6.45, 7) is 0.895. The van der Waals surface area contributed by atoms with Crippen LogP contribution < -0.4 is 0 Å². The summed E-state index contributed by atoms with van der Waals surface area (Å²) in [5.74, 6) is 4.04. The first-order chi connectivity index (χ1) is 8.75. The quantitative estimate of drug-likeness (QED) is 0.753. The van der Waals surface area contributed by atoms with E-state index in [2.05, 4.69) is 11.8 Å². The van der Waals surface area contributed by atoms with Crippen molar-refractivity contribution >= 4 is 0 Å². The number of hydrogen-bond acceptors (Lipinski definition) is 2. The largest absolute Gasteiger partial charge is 0.353 e. The molecule has 0 aromatic heterocycles. The van der Waals surface area contributed by atoms with E-state index in [1.165, 1.54) is 12.1 Å². The lowest BCUT2D eigenvalue weighted by atomic mass is 10.2. The Bertz CT molecular complexity index is 457. The monoisotopic (exact) mass is 252 g/mol. The lowest BCUT2D eigenvalue weighted by Gasteiger charge is -2.21. The predicted molar refractivity (Wildman–Crippen MR) is 62.8 cm³/mol. The van der Waals surface area contributed by atoms with E-state index in [1.54, 1.807) is 0 Å². The Morgan fingerprint density at radius 1 is 1.33 bits per heavy atom. The van der Waals surface area contributed by atoms with Crippen LogP contribution in [0.15, 0.2) is 18.2 Å². The molecule has 1 aliphatic heterocycles. The van der Waals surface area contributed by atoms with Crippen LogP contribution in [0.3, 0.4) is 0 Å². The molecule has 0 spiro atoms. The van der Waals surface area contributed by atoms with E-state index < -0.39 is 11.6 Å². The molecule has 0 bridgehead atoms. The van der Waals surface area contributed by atoms with Crippen LogP contribution in [-0.2, 0) is 9.47 Å². The van der Waals surface area contributed by atoms with Gasteiger partial charge in [0.2, 0.25) is 0 Å². The molecule has 2 nitrogen and oxygen atoms in total. The van der Waals surface area contributed by atoms with E-state index in [1.807, 2.05) is 0 Å². The zero-order valence-corrected chi connectivity index (χ0v) is 9.92. The van der Waals surface area contributed by atoms with Crippen molar-refractivity contribution in [1.29, 1.82) is 0 Å². The zero-order valence-electron chi connectivity index (χ0n) is 9.92. The lowest BCUT2D eigenvalue weighted by Crippen LogP contribution is -2.22. The molecule has 96 valence electrons. The Morgan fingerprint density at radius 3 is 2.94 bits per heavy atom. The van der Waals surface area contributed by atoms with Gasteiger partial charge >= 0.3 is 0 Å². The topological polar surface area (TPSA) is 18.5 Å². The Kier molecular flexibility index (Phi) is 4.68. The highest BCUT2D eigenvalue weighted by Gasteiger charge is 2.12. The SMILES string of the molecule is Fc1ccc(C#CCO[C@H]2CCCCO2)c(F)c1. The summed E-state index contributed by atoms with van der Waals surface area (Å²) in [6.07, 6.45) is 2.81. The molecular formula is C14H14F2O2. The van der Waals surface area contributed by atoms with Crippen LogP contribution in [0.25, 0.3) is 0 Å². The molecule has 0 N–H and O–H groups in total. The molecule has 18 heavy (non-hydrogen) atoms. The van der Waals surface area contributed by atoms with Crippen LogP contribution >= 0.6 is 0 Å².